The van der Waals surface area contributed by atoms with Crippen LogP contribution >= 0.6 is 0 Å². The van der Waals surface area contributed by atoms with E-state index in [1.54, 1.807) is 6.92 Å². The summed E-state index contributed by atoms with van der Waals surface area (Å²) in [5.74, 6) is -1.72. The first-order valence-electron chi connectivity index (χ1n) is 7.86. The Morgan fingerprint density at radius 1 is 1.17 bits per heavy atom. The van der Waals surface area contributed by atoms with Gasteiger partial charge in [-0.05, 0) is 56.9 Å². The fourth-order valence-corrected chi connectivity index (χ4v) is 4.04. The van der Waals surface area contributed by atoms with Crippen LogP contribution in [0.1, 0.15) is 43.0 Å². The van der Waals surface area contributed by atoms with Crippen LogP contribution in [-0.4, -0.2) is 38.1 Å². The van der Waals surface area contributed by atoms with Gasteiger partial charge in [-0.2, -0.15) is 0 Å². The maximum atomic E-state index is 12.4. The van der Waals surface area contributed by atoms with Gasteiger partial charge in [0.05, 0.1) is 23.0 Å². The third kappa shape index (κ3) is 4.55. The number of carboxylic acid groups (broad SMARTS) is 1. The fraction of sp³-hybridized carbons (Fsp3) is 0.500. The molecule has 1 aromatic rings. The van der Waals surface area contributed by atoms with E-state index >= 15 is 0 Å². The summed E-state index contributed by atoms with van der Waals surface area (Å²) < 4.78 is 32.2. The lowest BCUT2D eigenvalue weighted by Crippen LogP contribution is -2.38. The molecule has 2 rings (SSSR count). The number of rotatable bonds is 6. The Balaban J connectivity index is 2.00. The van der Waals surface area contributed by atoms with Crippen molar-refractivity contribution < 1.29 is 27.9 Å². The summed E-state index contributed by atoms with van der Waals surface area (Å²) in [4.78, 5) is 22.6. The highest BCUT2D eigenvalue weighted by Crippen LogP contribution is 2.25. The van der Waals surface area contributed by atoms with Crippen LogP contribution in [-0.2, 0) is 19.6 Å². The summed E-state index contributed by atoms with van der Waals surface area (Å²) in [5, 5.41) is 8.97. The zero-order chi connectivity index (χ0) is 17.7. The van der Waals surface area contributed by atoms with Crippen LogP contribution in [0.5, 0.6) is 0 Å². The average Bonchev–Trinajstić information content (AvgIpc) is 2.55. The Morgan fingerprint density at radius 3 is 2.25 bits per heavy atom. The first kappa shape index (κ1) is 18.4. The van der Waals surface area contributed by atoms with Gasteiger partial charge in [-0.25, -0.2) is 17.9 Å². The third-order valence-electron chi connectivity index (χ3n) is 4.07. The van der Waals surface area contributed by atoms with Gasteiger partial charge >= 0.3 is 11.9 Å². The van der Waals surface area contributed by atoms with E-state index in [1.165, 1.54) is 24.3 Å². The molecule has 1 aliphatic carbocycles. The first-order chi connectivity index (χ1) is 11.3. The lowest BCUT2D eigenvalue weighted by molar-refractivity contribution is -0.142. The molecular formula is C16H21NO6S. The van der Waals surface area contributed by atoms with E-state index in [-0.39, 0.29) is 23.1 Å². The third-order valence-corrected chi connectivity index (χ3v) is 5.61. The number of aliphatic carboxylic acids is 1. The van der Waals surface area contributed by atoms with Crippen molar-refractivity contribution in [1.29, 1.82) is 0 Å². The Morgan fingerprint density at radius 2 is 1.75 bits per heavy atom. The normalized spacial score (nSPS) is 21.2. The van der Waals surface area contributed by atoms with Crippen LogP contribution in [0.2, 0.25) is 0 Å². The van der Waals surface area contributed by atoms with Crippen LogP contribution < -0.4 is 4.72 Å². The summed E-state index contributed by atoms with van der Waals surface area (Å²) in [5.41, 5.74) is 0.290. The molecular weight excluding hydrogens is 334 g/mol. The van der Waals surface area contributed by atoms with E-state index < -0.39 is 27.9 Å². The van der Waals surface area contributed by atoms with Crippen molar-refractivity contribution in [3.8, 4) is 0 Å². The van der Waals surface area contributed by atoms with Crippen molar-refractivity contribution in [2.24, 2.45) is 5.92 Å². The fourth-order valence-electron chi connectivity index (χ4n) is 2.73. The van der Waals surface area contributed by atoms with E-state index in [0.717, 1.165) is 0 Å². The molecule has 8 heteroatoms. The molecule has 0 heterocycles. The predicted octanol–water partition coefficient (Wildman–Crippen LogP) is 1.78. The van der Waals surface area contributed by atoms with Crippen LogP contribution in [0.4, 0.5) is 0 Å². The monoisotopic (exact) mass is 355 g/mol. The first-order valence-corrected chi connectivity index (χ1v) is 9.34. The number of nitrogens with one attached hydrogen (secondary N) is 1. The van der Waals surface area contributed by atoms with Crippen molar-refractivity contribution in [2.75, 3.05) is 6.61 Å². The van der Waals surface area contributed by atoms with E-state index in [1.807, 2.05) is 0 Å². The maximum Gasteiger partial charge on any atom is 0.338 e. The SMILES string of the molecule is CCOC(=O)c1ccc(S(=O)(=O)NC2CCC(C(=O)O)CC2)cc1. The van der Waals surface area contributed by atoms with Gasteiger partial charge in [0.15, 0.2) is 0 Å². The van der Waals surface area contributed by atoms with Gasteiger partial charge in [-0.15, -0.1) is 0 Å². The molecule has 7 nitrogen and oxygen atoms in total. The number of carboxylic acids is 1. The standard InChI is InChI=1S/C16H21NO6S/c1-2-23-16(20)12-5-9-14(10-6-12)24(21,22)17-13-7-3-11(4-8-13)15(18)19/h5-6,9-11,13,17H,2-4,7-8H2,1H3,(H,18,19). The van der Waals surface area contributed by atoms with E-state index in [4.69, 9.17) is 9.84 Å². The van der Waals surface area contributed by atoms with Crippen molar-refractivity contribution in [3.05, 3.63) is 29.8 Å². The molecule has 2 N–H and O–H groups in total. The lowest BCUT2D eigenvalue weighted by atomic mass is 9.87. The largest absolute Gasteiger partial charge is 0.481 e. The van der Waals surface area contributed by atoms with E-state index in [2.05, 4.69) is 4.72 Å². The van der Waals surface area contributed by atoms with Crippen LogP contribution in [0.3, 0.4) is 0 Å². The lowest BCUT2D eigenvalue weighted by Gasteiger charge is -2.26. The zero-order valence-corrected chi connectivity index (χ0v) is 14.2. The quantitative estimate of drug-likeness (QED) is 0.753. The van der Waals surface area contributed by atoms with Crippen molar-refractivity contribution in [1.82, 2.24) is 4.72 Å². The molecule has 0 radical (unpaired) electrons. The highest BCUT2D eigenvalue weighted by Gasteiger charge is 2.28. The van der Waals surface area contributed by atoms with Gasteiger partial charge in [-0.3, -0.25) is 4.79 Å². The van der Waals surface area contributed by atoms with Crippen molar-refractivity contribution >= 4 is 22.0 Å². The summed E-state index contributed by atoms with van der Waals surface area (Å²) in [7, 11) is -3.70. The van der Waals surface area contributed by atoms with Gasteiger partial charge in [0.1, 0.15) is 0 Å². The predicted molar refractivity (Wildman–Crippen MR) is 86.1 cm³/mol. The summed E-state index contributed by atoms with van der Waals surface area (Å²) in [6.07, 6.45) is 1.92. The zero-order valence-electron chi connectivity index (χ0n) is 13.4. The van der Waals surface area contributed by atoms with Gasteiger partial charge in [0.25, 0.3) is 0 Å². The average molecular weight is 355 g/mol. The molecule has 1 aliphatic rings. The molecule has 0 unspecified atom stereocenters. The molecule has 0 saturated heterocycles. The number of carbonyl (C=O) groups is 2. The highest BCUT2D eigenvalue weighted by atomic mass is 32.2. The summed E-state index contributed by atoms with van der Waals surface area (Å²) in [6, 6.07) is 5.27. The number of hydrogen-bond acceptors (Lipinski definition) is 5. The summed E-state index contributed by atoms with van der Waals surface area (Å²) in [6.45, 7) is 1.94. The second-order valence-electron chi connectivity index (χ2n) is 5.75. The minimum absolute atomic E-state index is 0.0657. The minimum atomic E-state index is -3.70. The molecule has 24 heavy (non-hydrogen) atoms. The van der Waals surface area contributed by atoms with Gasteiger partial charge in [0.2, 0.25) is 10.0 Å². The number of hydrogen-bond donors (Lipinski definition) is 2. The number of benzene rings is 1. The van der Waals surface area contributed by atoms with Crippen molar-refractivity contribution in [3.63, 3.8) is 0 Å². The van der Waals surface area contributed by atoms with Gasteiger partial charge in [-0.1, -0.05) is 0 Å². The second-order valence-corrected chi connectivity index (χ2v) is 7.47. The number of esters is 1. The second kappa shape index (κ2) is 7.76. The number of sulfonamides is 1. The number of carbonyl (C=O) groups excluding carboxylic acids is 1. The molecule has 0 aliphatic heterocycles. The molecule has 1 aromatic carbocycles. The Bertz CT molecular complexity index is 690. The Labute approximate surface area is 141 Å². The topological polar surface area (TPSA) is 110 Å². The smallest absolute Gasteiger partial charge is 0.338 e. The maximum absolute atomic E-state index is 12.4. The van der Waals surface area contributed by atoms with E-state index in [0.29, 0.717) is 25.7 Å². The van der Waals surface area contributed by atoms with Crippen molar-refractivity contribution in [2.45, 2.75) is 43.5 Å². The molecule has 0 amide bonds. The molecule has 1 saturated carbocycles. The molecule has 0 spiro atoms. The highest BCUT2D eigenvalue weighted by molar-refractivity contribution is 7.89. The van der Waals surface area contributed by atoms with Gasteiger partial charge < -0.3 is 9.84 Å². The van der Waals surface area contributed by atoms with Crippen LogP contribution in [0.15, 0.2) is 29.2 Å². The minimum Gasteiger partial charge on any atom is -0.481 e. The van der Waals surface area contributed by atoms with E-state index in [9.17, 15) is 18.0 Å². The summed E-state index contributed by atoms with van der Waals surface area (Å²) >= 11 is 0. The van der Waals surface area contributed by atoms with Crippen LogP contribution in [0.25, 0.3) is 0 Å². The Hall–Kier alpha value is -1.93. The molecule has 132 valence electrons. The number of ether oxygens (including phenoxy) is 1. The Kier molecular flexibility index (Phi) is 5.95. The molecule has 1 fully saturated rings. The van der Waals surface area contributed by atoms with Crippen LogP contribution in [0, 0.1) is 5.92 Å². The molecule has 0 bridgehead atoms. The van der Waals surface area contributed by atoms with Gasteiger partial charge in [0, 0.05) is 6.04 Å². The molecule has 0 aromatic heterocycles. The molecule has 0 atom stereocenters.